The molecule has 0 bridgehead atoms. The van der Waals surface area contributed by atoms with E-state index in [1.807, 2.05) is 13.8 Å². The zero-order valence-corrected chi connectivity index (χ0v) is 10.4. The molecule has 0 aromatic carbocycles. The van der Waals surface area contributed by atoms with Gasteiger partial charge in [0.15, 0.2) is 0 Å². The number of hydrogen-bond donors (Lipinski definition) is 1. The third kappa shape index (κ3) is 1.63. The van der Waals surface area contributed by atoms with Crippen molar-refractivity contribution in [3.8, 4) is 0 Å². The van der Waals surface area contributed by atoms with Crippen LogP contribution < -0.4 is 0 Å². The van der Waals surface area contributed by atoms with E-state index in [-0.39, 0.29) is 17.4 Å². The molecule has 0 amide bonds. The Labute approximate surface area is 104 Å². The van der Waals surface area contributed by atoms with Gasteiger partial charge in [0.25, 0.3) is 0 Å². The molecule has 2 fully saturated rings. The molecule has 18 heavy (non-hydrogen) atoms. The second kappa shape index (κ2) is 3.78. The second-order valence-electron chi connectivity index (χ2n) is 5.61. The highest BCUT2D eigenvalue weighted by atomic mass is 16.5. The summed E-state index contributed by atoms with van der Waals surface area (Å²) in [6, 6.07) is 0. The molecule has 1 N–H and O–H groups in total. The van der Waals surface area contributed by atoms with Crippen molar-refractivity contribution in [2.24, 2.45) is 11.3 Å². The lowest BCUT2D eigenvalue weighted by Crippen LogP contribution is -2.03. The van der Waals surface area contributed by atoms with Gasteiger partial charge < -0.3 is 14.4 Å². The van der Waals surface area contributed by atoms with Crippen LogP contribution in [-0.4, -0.2) is 27.8 Å². The number of carboxylic acid groups (broad SMARTS) is 1. The van der Waals surface area contributed by atoms with E-state index in [1.165, 1.54) is 0 Å². The number of carbonyl (C=O) groups is 1. The minimum atomic E-state index is -0.804. The molecular formula is C12H16N2O4. The van der Waals surface area contributed by atoms with Crippen molar-refractivity contribution in [3.05, 3.63) is 11.7 Å². The molecule has 1 saturated heterocycles. The van der Waals surface area contributed by atoms with Crippen LogP contribution in [0.15, 0.2) is 4.52 Å². The maximum atomic E-state index is 11.1. The highest BCUT2D eigenvalue weighted by molar-refractivity contribution is 5.77. The summed E-state index contributed by atoms with van der Waals surface area (Å²) in [5.74, 6) is -0.443. The molecule has 98 valence electrons. The number of aromatic nitrogens is 2. The zero-order chi connectivity index (χ0) is 12.9. The average molecular weight is 252 g/mol. The minimum Gasteiger partial charge on any atom is -0.481 e. The van der Waals surface area contributed by atoms with E-state index in [9.17, 15) is 4.79 Å². The van der Waals surface area contributed by atoms with E-state index >= 15 is 0 Å². The van der Waals surface area contributed by atoms with Crippen molar-refractivity contribution in [3.63, 3.8) is 0 Å². The Balaban J connectivity index is 1.80. The molecule has 6 heteroatoms. The van der Waals surface area contributed by atoms with Crippen molar-refractivity contribution in [1.29, 1.82) is 0 Å². The number of hydrogen-bond acceptors (Lipinski definition) is 5. The van der Waals surface area contributed by atoms with Crippen molar-refractivity contribution >= 4 is 5.97 Å². The number of carboxylic acids is 1. The van der Waals surface area contributed by atoms with Gasteiger partial charge in [0.2, 0.25) is 11.7 Å². The number of aliphatic carboxylic acids is 1. The normalized spacial score (nSPS) is 33.6. The van der Waals surface area contributed by atoms with Gasteiger partial charge in [-0.15, -0.1) is 0 Å². The SMILES string of the molecule is CC1(C)C(C(=O)O)C1c1nc(C2CCCO2)no1. The highest BCUT2D eigenvalue weighted by Crippen LogP contribution is 2.64. The van der Waals surface area contributed by atoms with Gasteiger partial charge in [0, 0.05) is 6.61 Å². The molecule has 2 heterocycles. The lowest BCUT2D eigenvalue weighted by molar-refractivity contribution is -0.139. The Morgan fingerprint density at radius 2 is 2.28 bits per heavy atom. The van der Waals surface area contributed by atoms with Crippen LogP contribution in [0, 0.1) is 11.3 Å². The van der Waals surface area contributed by atoms with E-state index in [0.29, 0.717) is 11.7 Å². The Kier molecular flexibility index (Phi) is 2.45. The lowest BCUT2D eigenvalue weighted by atomic mass is 10.1. The van der Waals surface area contributed by atoms with Crippen molar-refractivity contribution in [2.45, 2.75) is 38.7 Å². The van der Waals surface area contributed by atoms with Crippen molar-refractivity contribution < 1.29 is 19.2 Å². The van der Waals surface area contributed by atoms with Crippen molar-refractivity contribution in [2.75, 3.05) is 6.61 Å². The maximum absolute atomic E-state index is 11.1. The number of ether oxygens (including phenoxy) is 1. The Bertz CT molecular complexity index is 476. The van der Waals surface area contributed by atoms with Crippen LogP contribution in [0.2, 0.25) is 0 Å². The minimum absolute atomic E-state index is 0.0901. The molecule has 3 rings (SSSR count). The topological polar surface area (TPSA) is 85.5 Å². The summed E-state index contributed by atoms with van der Waals surface area (Å²) in [6.45, 7) is 4.54. The fourth-order valence-electron chi connectivity index (χ4n) is 2.85. The van der Waals surface area contributed by atoms with Crippen LogP contribution in [0.5, 0.6) is 0 Å². The Hall–Kier alpha value is -1.43. The van der Waals surface area contributed by atoms with E-state index in [0.717, 1.165) is 19.4 Å². The predicted molar refractivity (Wildman–Crippen MR) is 59.9 cm³/mol. The van der Waals surface area contributed by atoms with Gasteiger partial charge in [-0.05, 0) is 18.3 Å². The molecular weight excluding hydrogens is 236 g/mol. The van der Waals surface area contributed by atoms with E-state index in [2.05, 4.69) is 10.1 Å². The molecule has 1 saturated carbocycles. The van der Waals surface area contributed by atoms with Gasteiger partial charge >= 0.3 is 5.97 Å². The highest BCUT2D eigenvalue weighted by Gasteiger charge is 2.65. The van der Waals surface area contributed by atoms with Gasteiger partial charge in [-0.25, -0.2) is 0 Å². The summed E-state index contributed by atoms with van der Waals surface area (Å²) in [5.41, 5.74) is -0.313. The van der Waals surface area contributed by atoms with Crippen LogP contribution in [0.3, 0.4) is 0 Å². The molecule has 1 aliphatic carbocycles. The molecule has 3 atom stereocenters. The molecule has 3 unspecified atom stereocenters. The quantitative estimate of drug-likeness (QED) is 0.882. The molecule has 0 spiro atoms. The first-order valence-electron chi connectivity index (χ1n) is 6.19. The van der Waals surface area contributed by atoms with Gasteiger partial charge in [0.1, 0.15) is 6.10 Å². The fraction of sp³-hybridized carbons (Fsp3) is 0.750. The first-order valence-corrected chi connectivity index (χ1v) is 6.19. The van der Waals surface area contributed by atoms with E-state index < -0.39 is 11.9 Å². The summed E-state index contributed by atoms with van der Waals surface area (Å²) in [4.78, 5) is 15.4. The third-order valence-electron chi connectivity index (χ3n) is 4.03. The first kappa shape index (κ1) is 11.6. The molecule has 0 radical (unpaired) electrons. The first-order chi connectivity index (χ1) is 8.51. The van der Waals surface area contributed by atoms with Gasteiger partial charge in [-0.3, -0.25) is 4.79 Å². The van der Waals surface area contributed by atoms with E-state index in [1.54, 1.807) is 0 Å². The summed E-state index contributed by atoms with van der Waals surface area (Å²) >= 11 is 0. The van der Waals surface area contributed by atoms with Gasteiger partial charge in [0.05, 0.1) is 11.8 Å². The van der Waals surface area contributed by atoms with Crippen LogP contribution in [0.1, 0.15) is 50.4 Å². The molecule has 1 aromatic rings. The van der Waals surface area contributed by atoms with E-state index in [4.69, 9.17) is 14.4 Å². The molecule has 1 aromatic heterocycles. The Morgan fingerprint density at radius 1 is 1.50 bits per heavy atom. The number of nitrogens with zero attached hydrogens (tertiary/aromatic N) is 2. The molecule has 6 nitrogen and oxygen atoms in total. The summed E-state index contributed by atoms with van der Waals surface area (Å²) < 4.78 is 10.7. The van der Waals surface area contributed by atoms with Crippen LogP contribution in [0.25, 0.3) is 0 Å². The number of rotatable bonds is 3. The lowest BCUT2D eigenvalue weighted by Gasteiger charge is -2.00. The van der Waals surface area contributed by atoms with Gasteiger partial charge in [-0.2, -0.15) is 4.98 Å². The summed E-state index contributed by atoms with van der Waals surface area (Å²) in [7, 11) is 0. The fourth-order valence-corrected chi connectivity index (χ4v) is 2.85. The van der Waals surface area contributed by atoms with Gasteiger partial charge in [-0.1, -0.05) is 19.0 Å². The van der Waals surface area contributed by atoms with Crippen LogP contribution in [0.4, 0.5) is 0 Å². The largest absolute Gasteiger partial charge is 0.481 e. The monoisotopic (exact) mass is 252 g/mol. The average Bonchev–Trinajstić information content (AvgIpc) is 2.80. The summed E-state index contributed by atoms with van der Waals surface area (Å²) in [6.07, 6.45) is 1.81. The standard InChI is InChI=1S/C12H16N2O4/c1-12(2)7(8(12)11(15)16)10-13-9(14-18-10)6-4-3-5-17-6/h6-8H,3-5H2,1-2H3,(H,15,16). The second-order valence-corrected chi connectivity index (χ2v) is 5.61. The maximum Gasteiger partial charge on any atom is 0.307 e. The Morgan fingerprint density at radius 3 is 2.83 bits per heavy atom. The predicted octanol–water partition coefficient (Wildman–Crippen LogP) is 1.75. The molecule has 2 aliphatic rings. The van der Waals surface area contributed by atoms with Crippen LogP contribution in [-0.2, 0) is 9.53 Å². The van der Waals surface area contributed by atoms with Crippen LogP contribution >= 0.6 is 0 Å². The third-order valence-corrected chi connectivity index (χ3v) is 4.03. The van der Waals surface area contributed by atoms with Crippen molar-refractivity contribution in [1.82, 2.24) is 10.1 Å². The smallest absolute Gasteiger partial charge is 0.307 e. The summed E-state index contributed by atoms with van der Waals surface area (Å²) in [5, 5.41) is 13.0. The molecule has 1 aliphatic heterocycles. The zero-order valence-electron chi connectivity index (χ0n) is 10.4.